The van der Waals surface area contributed by atoms with Crippen LogP contribution in [0.15, 0.2) is 24.3 Å². The van der Waals surface area contributed by atoms with E-state index in [-0.39, 0.29) is 5.91 Å². The molecule has 0 aliphatic carbocycles. The van der Waals surface area contributed by atoms with Gasteiger partial charge in [-0.2, -0.15) is 11.8 Å². The Balaban J connectivity index is 1.62. The van der Waals surface area contributed by atoms with Crippen LogP contribution in [0.2, 0.25) is 0 Å². The highest BCUT2D eigenvalue weighted by molar-refractivity contribution is 7.99. The maximum Gasteiger partial charge on any atom is 0.224 e. The minimum absolute atomic E-state index is 0.151. The molecule has 0 atom stereocenters. The van der Waals surface area contributed by atoms with Crippen LogP contribution in [-0.2, 0) is 9.53 Å². The molecule has 0 bridgehead atoms. The highest BCUT2D eigenvalue weighted by Crippen LogP contribution is 2.28. The first-order valence-electron chi connectivity index (χ1n) is 8.12. The van der Waals surface area contributed by atoms with E-state index in [9.17, 15) is 4.79 Å². The first kappa shape index (κ1) is 15.7. The van der Waals surface area contributed by atoms with Crippen LogP contribution in [0.1, 0.15) is 19.3 Å². The number of rotatable bonds is 4. The molecule has 3 rings (SSSR count). The third-order valence-corrected chi connectivity index (χ3v) is 5.39. The number of morpholine rings is 1. The number of carbonyl (C=O) groups excluding carboxylic acids is 1. The number of carbonyl (C=O) groups is 1. The quantitative estimate of drug-likeness (QED) is 0.926. The molecule has 2 aliphatic rings. The average Bonchev–Trinajstić information content (AvgIpc) is 2.57. The third kappa shape index (κ3) is 4.17. The summed E-state index contributed by atoms with van der Waals surface area (Å²) in [7, 11) is 0. The number of amides is 1. The summed E-state index contributed by atoms with van der Waals surface area (Å²) >= 11 is 2.00. The van der Waals surface area contributed by atoms with Gasteiger partial charge in [-0.15, -0.1) is 0 Å². The third-order valence-electron chi connectivity index (χ3n) is 4.34. The van der Waals surface area contributed by atoms with E-state index < -0.39 is 0 Å². The fraction of sp³-hybridized carbons (Fsp3) is 0.588. The van der Waals surface area contributed by atoms with E-state index in [0.29, 0.717) is 12.3 Å². The van der Waals surface area contributed by atoms with Crippen LogP contribution >= 0.6 is 11.8 Å². The number of thioether (sulfide) groups is 1. The Kier molecular flexibility index (Phi) is 5.62. The Morgan fingerprint density at radius 1 is 1.23 bits per heavy atom. The van der Waals surface area contributed by atoms with E-state index in [1.165, 1.54) is 24.3 Å². The van der Waals surface area contributed by atoms with Gasteiger partial charge in [0.2, 0.25) is 5.91 Å². The lowest BCUT2D eigenvalue weighted by atomic mass is 9.98. The molecule has 4 nitrogen and oxygen atoms in total. The summed E-state index contributed by atoms with van der Waals surface area (Å²) in [5.41, 5.74) is 2.04. The minimum atomic E-state index is 0.151. The molecule has 2 fully saturated rings. The van der Waals surface area contributed by atoms with Crippen LogP contribution in [0.4, 0.5) is 11.4 Å². The molecule has 1 aromatic carbocycles. The highest BCUT2D eigenvalue weighted by Gasteiger charge is 2.19. The van der Waals surface area contributed by atoms with Gasteiger partial charge in [-0.25, -0.2) is 0 Å². The van der Waals surface area contributed by atoms with Crippen LogP contribution in [0, 0.1) is 5.92 Å². The summed E-state index contributed by atoms with van der Waals surface area (Å²) in [6.45, 7) is 3.27. The smallest absolute Gasteiger partial charge is 0.224 e. The molecule has 120 valence electrons. The fourth-order valence-corrected chi connectivity index (χ4v) is 4.28. The maximum atomic E-state index is 12.4. The molecular weight excluding hydrogens is 296 g/mol. The molecule has 0 aromatic heterocycles. The van der Waals surface area contributed by atoms with Gasteiger partial charge in [0.15, 0.2) is 0 Å². The SMILES string of the molecule is O=C(CC1CCSCC1)Nc1ccccc1N1CCOCC1. The normalized spacial score (nSPS) is 19.9. The van der Waals surface area contributed by atoms with Crippen LogP contribution < -0.4 is 10.2 Å². The second kappa shape index (κ2) is 7.88. The van der Waals surface area contributed by atoms with Gasteiger partial charge in [0.25, 0.3) is 0 Å². The lowest BCUT2D eigenvalue weighted by Crippen LogP contribution is -2.36. The van der Waals surface area contributed by atoms with Crippen molar-refractivity contribution in [3.05, 3.63) is 24.3 Å². The number of anilines is 2. The molecular formula is C17H24N2O2S. The number of nitrogens with one attached hydrogen (secondary N) is 1. The predicted octanol–water partition coefficient (Wildman–Crippen LogP) is 3.00. The van der Waals surface area contributed by atoms with Crippen molar-refractivity contribution in [2.75, 3.05) is 48.0 Å². The molecule has 22 heavy (non-hydrogen) atoms. The maximum absolute atomic E-state index is 12.4. The van der Waals surface area contributed by atoms with Gasteiger partial charge in [-0.3, -0.25) is 4.79 Å². The second-order valence-electron chi connectivity index (χ2n) is 5.92. The largest absolute Gasteiger partial charge is 0.378 e. The van der Waals surface area contributed by atoms with Crippen molar-refractivity contribution in [3.63, 3.8) is 0 Å². The highest BCUT2D eigenvalue weighted by atomic mass is 32.2. The van der Waals surface area contributed by atoms with Gasteiger partial charge >= 0.3 is 0 Å². The number of nitrogens with zero attached hydrogens (tertiary/aromatic N) is 1. The van der Waals surface area contributed by atoms with Crippen molar-refractivity contribution in [3.8, 4) is 0 Å². The summed E-state index contributed by atoms with van der Waals surface area (Å²) in [6, 6.07) is 8.09. The van der Waals surface area contributed by atoms with Crippen molar-refractivity contribution >= 4 is 29.0 Å². The predicted molar refractivity (Wildman–Crippen MR) is 92.8 cm³/mol. The van der Waals surface area contributed by atoms with E-state index >= 15 is 0 Å². The van der Waals surface area contributed by atoms with Gasteiger partial charge in [0, 0.05) is 19.5 Å². The molecule has 2 saturated heterocycles. The molecule has 0 saturated carbocycles. The minimum Gasteiger partial charge on any atom is -0.378 e. The summed E-state index contributed by atoms with van der Waals surface area (Å²) in [4.78, 5) is 14.6. The number of benzene rings is 1. The van der Waals surface area contributed by atoms with E-state index in [1.807, 2.05) is 30.0 Å². The lowest BCUT2D eigenvalue weighted by Gasteiger charge is -2.30. The second-order valence-corrected chi connectivity index (χ2v) is 7.15. The Hall–Kier alpha value is -1.20. The van der Waals surface area contributed by atoms with Crippen molar-refractivity contribution in [1.82, 2.24) is 0 Å². The van der Waals surface area contributed by atoms with Gasteiger partial charge in [0.1, 0.15) is 0 Å². The standard InChI is InChI=1S/C17H24N2O2S/c20-17(13-14-5-11-22-12-6-14)18-15-3-1-2-4-16(15)19-7-9-21-10-8-19/h1-4,14H,5-13H2,(H,18,20). The fourth-order valence-electron chi connectivity index (χ4n) is 3.07. The van der Waals surface area contributed by atoms with E-state index in [2.05, 4.69) is 16.3 Å². The first-order chi connectivity index (χ1) is 10.8. The van der Waals surface area contributed by atoms with Crippen molar-refractivity contribution in [1.29, 1.82) is 0 Å². The molecule has 2 aliphatic heterocycles. The summed E-state index contributed by atoms with van der Waals surface area (Å²) in [6.07, 6.45) is 2.99. The average molecular weight is 320 g/mol. The van der Waals surface area contributed by atoms with Crippen molar-refractivity contribution in [2.24, 2.45) is 5.92 Å². The Morgan fingerprint density at radius 2 is 1.95 bits per heavy atom. The molecule has 1 amide bonds. The lowest BCUT2D eigenvalue weighted by molar-refractivity contribution is -0.117. The van der Waals surface area contributed by atoms with Crippen molar-refractivity contribution in [2.45, 2.75) is 19.3 Å². The van der Waals surface area contributed by atoms with Crippen LogP contribution in [0.25, 0.3) is 0 Å². The number of hydrogen-bond donors (Lipinski definition) is 1. The molecule has 0 radical (unpaired) electrons. The number of hydrogen-bond acceptors (Lipinski definition) is 4. The van der Waals surface area contributed by atoms with Gasteiger partial charge in [0.05, 0.1) is 24.6 Å². The van der Waals surface area contributed by atoms with Crippen LogP contribution in [0.5, 0.6) is 0 Å². The van der Waals surface area contributed by atoms with Crippen molar-refractivity contribution < 1.29 is 9.53 Å². The van der Waals surface area contributed by atoms with Gasteiger partial charge in [-0.1, -0.05) is 12.1 Å². The van der Waals surface area contributed by atoms with Crippen LogP contribution in [-0.4, -0.2) is 43.7 Å². The van der Waals surface area contributed by atoms with Gasteiger partial charge < -0.3 is 15.0 Å². The Morgan fingerprint density at radius 3 is 2.73 bits per heavy atom. The van der Waals surface area contributed by atoms with Gasteiger partial charge in [-0.05, 0) is 42.4 Å². The molecule has 0 spiro atoms. The monoisotopic (exact) mass is 320 g/mol. The zero-order valence-corrected chi connectivity index (χ0v) is 13.7. The first-order valence-corrected chi connectivity index (χ1v) is 9.28. The Labute approximate surface area is 136 Å². The summed E-state index contributed by atoms with van der Waals surface area (Å²) < 4.78 is 5.41. The molecule has 2 heterocycles. The Bertz CT molecular complexity index is 497. The summed E-state index contributed by atoms with van der Waals surface area (Å²) in [5, 5.41) is 3.13. The van der Waals surface area contributed by atoms with E-state index in [1.54, 1.807) is 0 Å². The molecule has 1 N–H and O–H groups in total. The van der Waals surface area contributed by atoms with E-state index in [0.717, 1.165) is 37.7 Å². The molecule has 1 aromatic rings. The van der Waals surface area contributed by atoms with E-state index in [4.69, 9.17) is 4.74 Å². The zero-order valence-electron chi connectivity index (χ0n) is 12.9. The zero-order chi connectivity index (χ0) is 15.2. The number of para-hydroxylation sites is 2. The summed E-state index contributed by atoms with van der Waals surface area (Å²) in [5.74, 6) is 3.10. The number of ether oxygens (including phenoxy) is 1. The topological polar surface area (TPSA) is 41.6 Å². The molecule has 5 heteroatoms. The van der Waals surface area contributed by atoms with Crippen LogP contribution in [0.3, 0.4) is 0 Å². The molecule has 0 unspecified atom stereocenters.